The molecule has 0 aliphatic heterocycles. The Morgan fingerprint density at radius 1 is 0.333 bits per heavy atom. The van der Waals surface area contributed by atoms with Gasteiger partial charge in [-0.25, -0.2) is 0 Å². The third-order valence-electron chi connectivity index (χ3n) is 13.9. The molecule has 2 aliphatic carbocycles. The lowest BCUT2D eigenvalue weighted by Crippen LogP contribution is -2.23. The Labute approximate surface area is 367 Å². The molecule has 0 unspecified atom stereocenters. The highest BCUT2D eigenvalue weighted by Crippen LogP contribution is 2.58. The maximum Gasteiger partial charge on any atom is 0.0541 e. The van der Waals surface area contributed by atoms with Crippen LogP contribution >= 0.6 is 0 Å². The van der Waals surface area contributed by atoms with E-state index in [1.54, 1.807) is 0 Å². The van der Waals surface area contributed by atoms with Crippen LogP contribution in [0.15, 0.2) is 206 Å². The predicted octanol–water partition coefficient (Wildman–Crippen LogP) is 15.5. The van der Waals surface area contributed by atoms with Crippen LogP contribution in [0.2, 0.25) is 0 Å². The van der Waals surface area contributed by atoms with Crippen LogP contribution in [-0.4, -0.2) is 9.13 Å². The number of aryl methyl sites for hydroxylation is 1. The molecular formula is C61H42N2. The molecule has 2 aliphatic rings. The van der Waals surface area contributed by atoms with E-state index < -0.39 is 0 Å². The lowest BCUT2D eigenvalue weighted by molar-refractivity contribution is 0.626. The predicted molar refractivity (Wildman–Crippen MR) is 266 cm³/mol. The van der Waals surface area contributed by atoms with Crippen molar-refractivity contribution in [2.45, 2.75) is 18.3 Å². The van der Waals surface area contributed by atoms with Gasteiger partial charge in [0.25, 0.3) is 0 Å². The number of benzene rings is 9. The van der Waals surface area contributed by atoms with Crippen molar-refractivity contribution in [3.05, 3.63) is 251 Å². The molecule has 0 saturated carbocycles. The van der Waals surface area contributed by atoms with E-state index in [1.807, 2.05) is 0 Å². The molecule has 11 aromatic rings. The van der Waals surface area contributed by atoms with Crippen molar-refractivity contribution in [3.8, 4) is 22.5 Å². The zero-order valence-corrected chi connectivity index (χ0v) is 34.7. The highest BCUT2D eigenvalue weighted by atomic mass is 15.0. The van der Waals surface area contributed by atoms with Gasteiger partial charge in [-0.05, 0) is 141 Å². The molecule has 2 nitrogen and oxygen atoms in total. The van der Waals surface area contributed by atoms with Crippen molar-refractivity contribution >= 4 is 67.9 Å². The second-order valence-corrected chi connectivity index (χ2v) is 17.3. The Morgan fingerprint density at radius 3 is 1.27 bits per heavy atom. The number of hydrogen-bond donors (Lipinski definition) is 0. The van der Waals surface area contributed by atoms with Crippen molar-refractivity contribution in [1.82, 2.24) is 9.13 Å². The van der Waals surface area contributed by atoms with Crippen molar-refractivity contribution in [3.63, 3.8) is 0 Å². The van der Waals surface area contributed by atoms with Gasteiger partial charge in [0.2, 0.25) is 0 Å². The summed E-state index contributed by atoms with van der Waals surface area (Å²) in [6.07, 6.45) is 11.3. The summed E-state index contributed by atoms with van der Waals surface area (Å²) < 4.78 is 4.75. The molecule has 2 heteroatoms. The quantitative estimate of drug-likeness (QED) is 0.148. The maximum atomic E-state index is 2.48. The van der Waals surface area contributed by atoms with Gasteiger partial charge < -0.3 is 9.13 Å². The summed E-state index contributed by atoms with van der Waals surface area (Å²) in [6, 6.07) is 76.1. The van der Waals surface area contributed by atoms with Gasteiger partial charge in [-0.2, -0.15) is 0 Å². The molecule has 0 atom stereocenters. The van der Waals surface area contributed by atoms with Gasteiger partial charge >= 0.3 is 0 Å². The second-order valence-electron chi connectivity index (χ2n) is 17.3. The summed E-state index contributed by atoms with van der Waals surface area (Å²) in [5, 5.41) is 5.07. The topological polar surface area (TPSA) is 9.86 Å². The van der Waals surface area contributed by atoms with Gasteiger partial charge in [0, 0.05) is 38.3 Å². The number of aromatic nitrogens is 2. The molecule has 2 heterocycles. The van der Waals surface area contributed by atoms with Crippen molar-refractivity contribution in [2.24, 2.45) is 0 Å². The summed E-state index contributed by atoms with van der Waals surface area (Å²) in [7, 11) is 0. The molecule has 0 radical (unpaired) electrons. The van der Waals surface area contributed by atoms with E-state index in [9.17, 15) is 0 Å². The van der Waals surface area contributed by atoms with Crippen LogP contribution in [0, 0.1) is 0 Å². The van der Waals surface area contributed by atoms with E-state index in [4.69, 9.17) is 0 Å². The largest absolute Gasteiger partial charge is 0.309 e. The highest BCUT2D eigenvalue weighted by Gasteiger charge is 2.48. The summed E-state index contributed by atoms with van der Waals surface area (Å²) in [6.45, 7) is 0. The van der Waals surface area contributed by atoms with E-state index >= 15 is 0 Å². The molecule has 0 bridgehead atoms. The fraction of sp³-hybridized carbons (Fsp3) is 0.0492. The minimum atomic E-state index is -0.189. The molecule has 63 heavy (non-hydrogen) atoms. The van der Waals surface area contributed by atoms with Gasteiger partial charge in [0.15, 0.2) is 0 Å². The van der Waals surface area contributed by atoms with Gasteiger partial charge in [-0.1, -0.05) is 158 Å². The van der Waals surface area contributed by atoms with Gasteiger partial charge in [0.1, 0.15) is 0 Å². The fourth-order valence-electron chi connectivity index (χ4n) is 11.1. The first-order valence-electron chi connectivity index (χ1n) is 22.1. The SMILES string of the molecule is C(=Cc1ccc2c(c1)c1ccccc1n2-c1ccccc1)c1ccc2c(c1)C1(CCc3ccccc31)c1cc(C=Cc3ccc4c(c3)c3ccccc3n4-c3ccccc3)ccc1-2. The Balaban J connectivity index is 0.867. The first-order valence-corrected chi connectivity index (χ1v) is 22.1. The monoisotopic (exact) mass is 802 g/mol. The standard InChI is InChI=1S/C61H42N2/c1-3-14-46(15-4-1)62-57-21-11-8-18-50(57)52-37-41(29-33-59(52)62)23-25-43-27-31-48-49-32-28-44(40-56(49)61(55(48)39-43)36-35-45-13-7-10-20-54(45)61)26-24-42-30-34-60-53(38-42)51-19-9-12-22-58(51)63(60)47-16-5-2-6-17-47/h1-34,37-40H,35-36H2. The van der Waals surface area contributed by atoms with Crippen LogP contribution in [0.25, 0.3) is 90.4 Å². The Kier molecular flexibility index (Phi) is 7.98. The molecule has 0 fully saturated rings. The molecule has 0 saturated heterocycles. The van der Waals surface area contributed by atoms with Crippen LogP contribution in [0.3, 0.4) is 0 Å². The van der Waals surface area contributed by atoms with Crippen LogP contribution in [0.4, 0.5) is 0 Å². The summed E-state index contributed by atoms with van der Waals surface area (Å²) in [4.78, 5) is 0. The minimum absolute atomic E-state index is 0.189. The van der Waals surface area contributed by atoms with Crippen LogP contribution < -0.4 is 0 Å². The van der Waals surface area contributed by atoms with Crippen molar-refractivity contribution in [1.29, 1.82) is 0 Å². The minimum Gasteiger partial charge on any atom is -0.309 e. The van der Waals surface area contributed by atoms with E-state index in [2.05, 4.69) is 240 Å². The van der Waals surface area contributed by atoms with E-state index in [-0.39, 0.29) is 5.41 Å². The van der Waals surface area contributed by atoms with Gasteiger partial charge in [0.05, 0.1) is 22.1 Å². The Hall–Kier alpha value is -7.94. The maximum absolute atomic E-state index is 2.48. The molecule has 0 amide bonds. The smallest absolute Gasteiger partial charge is 0.0541 e. The Morgan fingerprint density at radius 2 is 0.746 bits per heavy atom. The van der Waals surface area contributed by atoms with E-state index in [0.29, 0.717) is 0 Å². The highest BCUT2D eigenvalue weighted by molar-refractivity contribution is 6.11. The fourth-order valence-corrected chi connectivity index (χ4v) is 11.1. The van der Waals surface area contributed by atoms with E-state index in [1.165, 1.54) is 111 Å². The summed E-state index contributed by atoms with van der Waals surface area (Å²) in [5.74, 6) is 0. The molecule has 13 rings (SSSR count). The van der Waals surface area contributed by atoms with Gasteiger partial charge in [-0.3, -0.25) is 0 Å². The molecule has 2 aromatic heterocycles. The first kappa shape index (κ1) is 35.8. The van der Waals surface area contributed by atoms with Gasteiger partial charge in [-0.15, -0.1) is 0 Å². The number of para-hydroxylation sites is 4. The average molecular weight is 803 g/mol. The first-order chi connectivity index (χ1) is 31.2. The average Bonchev–Trinajstić information content (AvgIpc) is 4.08. The third-order valence-corrected chi connectivity index (χ3v) is 13.9. The number of nitrogens with zero attached hydrogens (tertiary/aromatic N) is 2. The summed E-state index contributed by atoms with van der Waals surface area (Å²) in [5.41, 5.74) is 20.4. The van der Waals surface area contributed by atoms with E-state index in [0.717, 1.165) is 12.8 Å². The number of hydrogen-bond acceptors (Lipinski definition) is 0. The molecule has 9 aromatic carbocycles. The number of fused-ring (bicyclic) bond motifs is 13. The normalized spacial score (nSPS) is 15.4. The summed E-state index contributed by atoms with van der Waals surface area (Å²) >= 11 is 0. The molecule has 296 valence electrons. The zero-order chi connectivity index (χ0) is 41.5. The van der Waals surface area contributed by atoms with Crippen LogP contribution in [0.1, 0.15) is 50.9 Å². The molecule has 1 spiro atoms. The lowest BCUT2D eigenvalue weighted by atomic mass is 9.73. The van der Waals surface area contributed by atoms with Crippen LogP contribution in [-0.2, 0) is 11.8 Å². The van der Waals surface area contributed by atoms with Crippen molar-refractivity contribution < 1.29 is 0 Å². The second kappa shape index (κ2) is 14.1. The third kappa shape index (κ3) is 5.51. The Bertz CT molecular complexity index is 3450. The lowest BCUT2D eigenvalue weighted by Gasteiger charge is -2.29. The zero-order valence-electron chi connectivity index (χ0n) is 34.7. The van der Waals surface area contributed by atoms with Crippen molar-refractivity contribution in [2.75, 3.05) is 0 Å². The number of rotatable bonds is 6. The molecule has 0 N–H and O–H groups in total. The van der Waals surface area contributed by atoms with Crippen LogP contribution in [0.5, 0.6) is 0 Å². The molecular weight excluding hydrogens is 761 g/mol.